The van der Waals surface area contributed by atoms with Gasteiger partial charge in [-0.25, -0.2) is 9.79 Å². The number of Topliss-reactive ketones (excluding diaryl/α,β-unsaturated/α-hetero) is 1. The molecule has 2 atom stereocenters. The second-order valence-corrected chi connectivity index (χ2v) is 10.1. The number of ether oxygens (including phenoxy) is 2. The number of fused-ring (bicyclic) bond motifs is 2. The predicted octanol–water partition coefficient (Wildman–Crippen LogP) is 5.51. The number of halogens is 1. The topological polar surface area (TPSA) is 96.9 Å². The van der Waals surface area contributed by atoms with E-state index < -0.39 is 17.6 Å². The minimum absolute atomic E-state index is 0.0384. The number of benzene rings is 2. The molecule has 1 amide bonds. The van der Waals surface area contributed by atoms with E-state index in [0.29, 0.717) is 28.1 Å². The number of aromatic amines is 1. The van der Waals surface area contributed by atoms with Crippen LogP contribution in [-0.2, 0) is 9.53 Å². The second-order valence-electron chi connectivity index (χ2n) is 9.66. The molecule has 2 aromatic carbocycles. The van der Waals surface area contributed by atoms with Gasteiger partial charge in [-0.05, 0) is 62.7 Å². The lowest BCUT2D eigenvalue weighted by molar-refractivity contribution is -0.123. The molecular formula is C26H25ClN4O4. The van der Waals surface area contributed by atoms with Crippen molar-refractivity contribution >= 4 is 35.0 Å². The minimum atomic E-state index is -0.658. The molecule has 1 aromatic heterocycles. The quantitative estimate of drug-likeness (QED) is 0.520. The molecule has 0 spiro atoms. The zero-order valence-electron chi connectivity index (χ0n) is 19.6. The standard InChI is InChI=1S/C26H25ClN4O4/c1-26(2,3)35-25(33)31-13-20-23(21(32)14-31)22(19-12-28-30-24(19)29-20)15-5-4-6-18(11-15)34-17-9-7-16(27)8-10-17/h4-12,22-23H,13-14H2,1-3H3,(H,28,30). The van der Waals surface area contributed by atoms with Gasteiger partial charge in [0.2, 0.25) is 0 Å². The summed E-state index contributed by atoms with van der Waals surface area (Å²) in [4.78, 5) is 32.2. The molecule has 180 valence electrons. The van der Waals surface area contributed by atoms with Gasteiger partial charge in [-0.3, -0.25) is 14.8 Å². The Morgan fingerprint density at radius 3 is 2.60 bits per heavy atom. The monoisotopic (exact) mass is 492 g/mol. The highest BCUT2D eigenvalue weighted by Crippen LogP contribution is 2.44. The van der Waals surface area contributed by atoms with Crippen LogP contribution in [0.25, 0.3) is 0 Å². The molecular weight excluding hydrogens is 468 g/mol. The van der Waals surface area contributed by atoms with Gasteiger partial charge in [0, 0.05) is 16.5 Å². The maximum atomic E-state index is 13.4. The van der Waals surface area contributed by atoms with Crippen LogP contribution in [0.4, 0.5) is 10.6 Å². The second kappa shape index (κ2) is 8.85. The van der Waals surface area contributed by atoms with Gasteiger partial charge in [-0.2, -0.15) is 5.10 Å². The molecule has 35 heavy (non-hydrogen) atoms. The number of hydrogen-bond acceptors (Lipinski definition) is 6. The van der Waals surface area contributed by atoms with E-state index in [-0.39, 0.29) is 24.8 Å². The van der Waals surface area contributed by atoms with Crippen LogP contribution in [0, 0.1) is 5.92 Å². The summed E-state index contributed by atoms with van der Waals surface area (Å²) in [6.45, 7) is 5.56. The number of likely N-dealkylation sites (tertiary alicyclic amines) is 1. The molecule has 2 aliphatic heterocycles. The zero-order valence-corrected chi connectivity index (χ0v) is 20.4. The average Bonchev–Trinajstić information content (AvgIpc) is 3.26. The third-order valence-electron chi connectivity index (χ3n) is 5.90. The fraction of sp³-hybridized carbons (Fsp3) is 0.308. The molecule has 2 unspecified atom stereocenters. The predicted molar refractivity (Wildman–Crippen MR) is 132 cm³/mol. The molecule has 0 radical (unpaired) electrons. The molecule has 0 aliphatic carbocycles. The third-order valence-corrected chi connectivity index (χ3v) is 6.15. The van der Waals surface area contributed by atoms with Crippen molar-refractivity contribution in [2.24, 2.45) is 10.9 Å². The SMILES string of the molecule is CC(C)(C)OC(=O)N1CC(=O)C2C(=Nc3[nH]ncc3C2c2cccc(Oc3ccc(Cl)cc3)c2)C1. The number of aromatic nitrogens is 2. The van der Waals surface area contributed by atoms with Gasteiger partial charge in [0.05, 0.1) is 30.9 Å². The number of carbonyl (C=O) groups is 2. The van der Waals surface area contributed by atoms with Crippen LogP contribution < -0.4 is 4.74 Å². The van der Waals surface area contributed by atoms with Crippen LogP contribution in [0.3, 0.4) is 0 Å². The van der Waals surface area contributed by atoms with Crippen molar-refractivity contribution in [1.29, 1.82) is 0 Å². The highest BCUT2D eigenvalue weighted by Gasteiger charge is 2.45. The van der Waals surface area contributed by atoms with Crippen LogP contribution >= 0.6 is 11.6 Å². The molecule has 3 aromatic rings. The molecule has 5 rings (SSSR count). The number of rotatable bonds is 3. The lowest BCUT2D eigenvalue weighted by Gasteiger charge is -2.38. The smallest absolute Gasteiger partial charge is 0.411 e. The lowest BCUT2D eigenvalue weighted by Crippen LogP contribution is -2.53. The van der Waals surface area contributed by atoms with Gasteiger partial charge in [-0.1, -0.05) is 23.7 Å². The summed E-state index contributed by atoms with van der Waals surface area (Å²) in [5.74, 6) is 0.967. The molecule has 2 aliphatic rings. The molecule has 9 heteroatoms. The normalized spacial score (nSPS) is 19.5. The van der Waals surface area contributed by atoms with E-state index >= 15 is 0 Å². The maximum absolute atomic E-state index is 13.4. The van der Waals surface area contributed by atoms with Gasteiger partial charge in [-0.15, -0.1) is 0 Å². The maximum Gasteiger partial charge on any atom is 0.411 e. The summed E-state index contributed by atoms with van der Waals surface area (Å²) in [6.07, 6.45) is 1.18. The Balaban J connectivity index is 1.46. The number of H-pyrrole nitrogens is 1. The minimum Gasteiger partial charge on any atom is -0.457 e. The molecule has 0 saturated carbocycles. The van der Waals surface area contributed by atoms with Gasteiger partial charge < -0.3 is 9.47 Å². The number of nitrogens with one attached hydrogen (secondary N) is 1. The van der Waals surface area contributed by atoms with Crippen LogP contribution in [-0.4, -0.2) is 51.4 Å². The highest BCUT2D eigenvalue weighted by atomic mass is 35.5. The van der Waals surface area contributed by atoms with Crippen molar-refractivity contribution in [2.75, 3.05) is 13.1 Å². The largest absolute Gasteiger partial charge is 0.457 e. The van der Waals surface area contributed by atoms with Crippen LogP contribution in [0.5, 0.6) is 11.5 Å². The number of carbonyl (C=O) groups excluding carboxylic acids is 2. The van der Waals surface area contributed by atoms with E-state index in [1.165, 1.54) is 4.90 Å². The third kappa shape index (κ3) is 4.79. The van der Waals surface area contributed by atoms with E-state index in [2.05, 4.69) is 15.2 Å². The van der Waals surface area contributed by atoms with Crippen molar-refractivity contribution in [1.82, 2.24) is 15.1 Å². The first-order chi connectivity index (χ1) is 16.7. The first-order valence-corrected chi connectivity index (χ1v) is 11.7. The summed E-state index contributed by atoms with van der Waals surface area (Å²) in [5, 5.41) is 7.72. The summed E-state index contributed by atoms with van der Waals surface area (Å²) in [6, 6.07) is 14.8. The van der Waals surface area contributed by atoms with Crippen molar-refractivity contribution in [2.45, 2.75) is 32.3 Å². The van der Waals surface area contributed by atoms with Crippen LogP contribution in [0.2, 0.25) is 5.02 Å². The number of nitrogens with zero attached hydrogens (tertiary/aromatic N) is 3. The highest BCUT2D eigenvalue weighted by molar-refractivity contribution is 6.30. The fourth-order valence-electron chi connectivity index (χ4n) is 4.47. The van der Waals surface area contributed by atoms with Crippen LogP contribution in [0.15, 0.2) is 59.7 Å². The Morgan fingerprint density at radius 2 is 1.86 bits per heavy atom. The van der Waals surface area contributed by atoms with Crippen molar-refractivity contribution in [3.05, 3.63) is 70.9 Å². The molecule has 3 heterocycles. The van der Waals surface area contributed by atoms with Gasteiger partial charge >= 0.3 is 6.09 Å². The Hall–Kier alpha value is -3.65. The number of hydrogen-bond donors (Lipinski definition) is 1. The van der Waals surface area contributed by atoms with Gasteiger partial charge in [0.25, 0.3) is 0 Å². The van der Waals surface area contributed by atoms with E-state index in [0.717, 1.165) is 11.1 Å². The molecule has 1 fully saturated rings. The Morgan fingerprint density at radius 1 is 1.09 bits per heavy atom. The van der Waals surface area contributed by atoms with E-state index in [9.17, 15) is 9.59 Å². The van der Waals surface area contributed by atoms with Crippen molar-refractivity contribution in [3.63, 3.8) is 0 Å². The number of ketones is 1. The summed E-state index contributed by atoms with van der Waals surface area (Å²) in [5.41, 5.74) is 1.68. The number of piperidine rings is 1. The summed E-state index contributed by atoms with van der Waals surface area (Å²) >= 11 is 5.98. The zero-order chi connectivity index (χ0) is 24.7. The van der Waals surface area contributed by atoms with Crippen molar-refractivity contribution in [3.8, 4) is 11.5 Å². The van der Waals surface area contributed by atoms with E-state index in [1.54, 1.807) is 51.2 Å². The number of aliphatic imine (C=N–C) groups is 1. The van der Waals surface area contributed by atoms with E-state index in [4.69, 9.17) is 21.1 Å². The van der Waals surface area contributed by atoms with Crippen molar-refractivity contribution < 1.29 is 19.1 Å². The Labute approximate surface area is 207 Å². The van der Waals surface area contributed by atoms with Gasteiger partial charge in [0.15, 0.2) is 11.6 Å². The number of amides is 1. The fourth-order valence-corrected chi connectivity index (χ4v) is 4.60. The Bertz CT molecular complexity index is 1310. The molecule has 0 bridgehead atoms. The first kappa shape index (κ1) is 23.1. The van der Waals surface area contributed by atoms with E-state index in [1.807, 2.05) is 24.3 Å². The van der Waals surface area contributed by atoms with Crippen LogP contribution in [0.1, 0.15) is 37.8 Å². The van der Waals surface area contributed by atoms with Gasteiger partial charge in [0.1, 0.15) is 17.1 Å². The first-order valence-electron chi connectivity index (χ1n) is 11.3. The summed E-state index contributed by atoms with van der Waals surface area (Å²) in [7, 11) is 0. The molecule has 1 N–H and O–H groups in total. The Kier molecular flexibility index (Phi) is 5.84. The molecule has 8 nitrogen and oxygen atoms in total. The summed E-state index contributed by atoms with van der Waals surface area (Å²) < 4.78 is 11.5. The average molecular weight is 493 g/mol. The lowest BCUT2D eigenvalue weighted by atomic mass is 9.73. The molecule has 1 saturated heterocycles.